The van der Waals surface area contributed by atoms with Gasteiger partial charge in [-0.2, -0.15) is 0 Å². The van der Waals surface area contributed by atoms with Crippen molar-refractivity contribution in [2.75, 3.05) is 0 Å². The summed E-state index contributed by atoms with van der Waals surface area (Å²) in [6.07, 6.45) is 32.1. The number of rotatable bonds is 10. The van der Waals surface area contributed by atoms with E-state index in [4.69, 9.17) is 8.83 Å². The summed E-state index contributed by atoms with van der Waals surface area (Å²) in [6.45, 7) is 0. The minimum absolute atomic E-state index is 0.242. The molecule has 20 aromatic rings. The Kier molecular flexibility index (Phi) is 17.9. The fourth-order valence-corrected chi connectivity index (χ4v) is 14.3. The van der Waals surface area contributed by atoms with E-state index in [1.54, 1.807) is 125 Å². The van der Waals surface area contributed by atoms with Crippen molar-refractivity contribution in [2.24, 2.45) is 0 Å². The van der Waals surface area contributed by atoms with E-state index in [9.17, 15) is 17.6 Å². The number of hydrogen-bond donors (Lipinski definition) is 6. The maximum Gasteiger partial charge on any atom is 0.228 e. The number of furan rings is 1. The number of halogens is 4. The topological polar surface area (TPSA) is 237 Å². The highest BCUT2D eigenvalue weighted by Gasteiger charge is 2.18. The van der Waals surface area contributed by atoms with Gasteiger partial charge in [0.05, 0.1) is 45.1 Å². The van der Waals surface area contributed by atoms with E-state index in [0.717, 1.165) is 137 Å². The van der Waals surface area contributed by atoms with Gasteiger partial charge in [-0.05, 0) is 84.2 Å². The molecule has 496 valence electrons. The van der Waals surface area contributed by atoms with Crippen molar-refractivity contribution < 1.29 is 26.4 Å². The molecule has 0 aliphatic carbocycles. The first kappa shape index (κ1) is 63.9. The summed E-state index contributed by atoms with van der Waals surface area (Å²) in [4.78, 5) is 60.9. The molecule has 17 heterocycles. The first-order chi connectivity index (χ1) is 50.2. The number of aromatic nitrogens is 15. The number of thiophene rings is 1. The van der Waals surface area contributed by atoms with Crippen molar-refractivity contribution in [3.63, 3.8) is 0 Å². The second-order valence-electron chi connectivity index (χ2n) is 22.7. The van der Waals surface area contributed by atoms with Gasteiger partial charge in [0.2, 0.25) is 5.89 Å². The van der Waals surface area contributed by atoms with Gasteiger partial charge < -0.3 is 38.7 Å². The zero-order valence-corrected chi connectivity index (χ0v) is 56.1. The van der Waals surface area contributed by atoms with E-state index in [1.165, 1.54) is 40.5 Å². The van der Waals surface area contributed by atoms with Gasteiger partial charge in [0.1, 0.15) is 62.8 Å². The van der Waals surface area contributed by atoms with Gasteiger partial charge in [-0.25, -0.2) is 52.4 Å². The van der Waals surface area contributed by atoms with E-state index < -0.39 is 11.6 Å². The lowest BCUT2D eigenvalue weighted by atomic mass is 10.0. The number of fused-ring (bicyclic) bond motifs is 5. The van der Waals surface area contributed by atoms with E-state index in [-0.39, 0.29) is 11.6 Å². The predicted molar refractivity (Wildman–Crippen MR) is 396 cm³/mol. The second kappa shape index (κ2) is 28.6. The summed E-state index contributed by atoms with van der Waals surface area (Å²) < 4.78 is 65.4. The largest absolute Gasteiger partial charge is 0.472 e. The minimum Gasteiger partial charge on any atom is -0.472 e. The van der Waals surface area contributed by atoms with Crippen LogP contribution < -0.4 is 0 Å². The van der Waals surface area contributed by atoms with E-state index in [1.807, 2.05) is 116 Å². The van der Waals surface area contributed by atoms with Crippen molar-refractivity contribution in [3.8, 4) is 109 Å². The van der Waals surface area contributed by atoms with Crippen molar-refractivity contribution in [3.05, 3.63) is 284 Å². The fourth-order valence-electron chi connectivity index (χ4n) is 11.6. The second-order valence-corrected chi connectivity index (χ2v) is 26.3. The molecule has 102 heavy (non-hydrogen) atoms. The molecular formula is C77H49F4N15O2S4. The van der Waals surface area contributed by atoms with Crippen molar-refractivity contribution in [1.82, 2.24) is 74.8 Å². The molecule has 0 amide bonds. The molecule has 17 nitrogen and oxygen atoms in total. The quantitative estimate of drug-likeness (QED) is 0.0704. The number of pyridine rings is 5. The van der Waals surface area contributed by atoms with Crippen LogP contribution in [0.1, 0.15) is 0 Å². The Morgan fingerprint density at radius 3 is 1.38 bits per heavy atom. The SMILES string of the molecule is Fc1ccc(-c2cnc3[nH]cc(-c4cncs4)c3c2)c(F)c1.Fc1ccccc1-c1cnc2[nH]cc(-c3cncs3)c2c1.Fc1ccccc1-c1cnc2[nH]cc(-c3nccs3)c2c1.c1c[nH]c(-c2cnc3[nH]cc(-c4ccoc4)c3c2)c1.c1csc(-c2cnc3[nH]cc(-c4ncco4)c3c2)c1. The number of thiazole rings is 3. The van der Waals surface area contributed by atoms with Crippen molar-refractivity contribution in [1.29, 1.82) is 0 Å². The molecule has 0 fully saturated rings. The number of benzene rings is 3. The van der Waals surface area contributed by atoms with Crippen LogP contribution in [-0.4, -0.2) is 74.8 Å². The van der Waals surface area contributed by atoms with E-state index in [2.05, 4.69) is 98.3 Å². The monoisotopic (exact) mass is 1420 g/mol. The molecule has 3 aromatic carbocycles. The Balaban J connectivity index is 0.0000000988. The maximum atomic E-state index is 14.0. The number of nitrogens with one attached hydrogen (secondary N) is 6. The molecule has 0 radical (unpaired) electrons. The number of nitrogens with zero attached hydrogens (tertiary/aromatic N) is 9. The highest BCUT2D eigenvalue weighted by molar-refractivity contribution is 7.14. The van der Waals surface area contributed by atoms with Crippen LogP contribution in [0.25, 0.3) is 164 Å². The molecule has 0 aliphatic heterocycles. The molecule has 0 spiro atoms. The highest BCUT2D eigenvalue weighted by atomic mass is 32.1. The molecule has 17 aromatic heterocycles. The highest BCUT2D eigenvalue weighted by Crippen LogP contribution is 2.38. The smallest absolute Gasteiger partial charge is 0.228 e. The van der Waals surface area contributed by atoms with Gasteiger partial charge in [-0.1, -0.05) is 42.5 Å². The average Bonchev–Trinajstić information content (AvgIpc) is 1.63. The Bertz CT molecular complexity index is 5870. The van der Waals surface area contributed by atoms with E-state index >= 15 is 0 Å². The molecule has 0 aliphatic rings. The summed E-state index contributed by atoms with van der Waals surface area (Å²) in [5.41, 5.74) is 20.5. The maximum absolute atomic E-state index is 14.0. The summed E-state index contributed by atoms with van der Waals surface area (Å²) in [5, 5.41) is 9.83. The van der Waals surface area contributed by atoms with Gasteiger partial charge in [0.15, 0.2) is 0 Å². The van der Waals surface area contributed by atoms with Gasteiger partial charge in [-0.3, -0.25) is 9.97 Å². The lowest BCUT2D eigenvalue weighted by Crippen LogP contribution is -1.88. The lowest BCUT2D eigenvalue weighted by molar-refractivity contribution is 0.568. The molecule has 20 rings (SSSR count). The first-order valence-electron chi connectivity index (χ1n) is 31.3. The fraction of sp³-hybridized carbons (Fsp3) is 0. The third-order valence-corrected chi connectivity index (χ3v) is 19.9. The summed E-state index contributed by atoms with van der Waals surface area (Å²) in [7, 11) is 0. The molecule has 0 unspecified atom stereocenters. The molecule has 25 heteroatoms. The molecular weight excluding hydrogens is 1370 g/mol. The number of hydrogen-bond acceptors (Lipinski definition) is 15. The van der Waals surface area contributed by atoms with Gasteiger partial charge in [0.25, 0.3) is 0 Å². The normalized spacial score (nSPS) is 11.1. The van der Waals surface area contributed by atoms with Crippen LogP contribution in [0, 0.1) is 23.3 Å². The van der Waals surface area contributed by atoms with E-state index in [0.29, 0.717) is 28.1 Å². The summed E-state index contributed by atoms with van der Waals surface area (Å²) in [6, 6.07) is 37.1. The minimum atomic E-state index is -0.601. The Hall–Kier alpha value is -12.8. The van der Waals surface area contributed by atoms with Gasteiger partial charge >= 0.3 is 0 Å². The molecule has 0 atom stereocenters. The zero-order chi connectivity index (χ0) is 68.9. The number of aromatic amines is 6. The zero-order valence-electron chi connectivity index (χ0n) is 52.8. The van der Waals surface area contributed by atoms with Crippen molar-refractivity contribution >= 4 is 101 Å². The van der Waals surface area contributed by atoms with Crippen LogP contribution in [0.4, 0.5) is 17.6 Å². The predicted octanol–water partition coefficient (Wildman–Crippen LogP) is 21.4. The summed E-state index contributed by atoms with van der Waals surface area (Å²) >= 11 is 6.36. The van der Waals surface area contributed by atoms with Gasteiger partial charge in [-0.15, -0.1) is 45.3 Å². The van der Waals surface area contributed by atoms with Crippen LogP contribution in [0.3, 0.4) is 0 Å². The number of H-pyrrole nitrogens is 6. The van der Waals surface area contributed by atoms with Gasteiger partial charge in [0, 0.05) is 208 Å². The standard InChI is InChI=1S/C16H9F2N3S.2C16H10FN3S.C15H11N3O.C14H9N3OS/c17-10-1-2-11(14(18)4-10)9-3-12-13(15-7-19-8-22-15)6-21-16(12)20-5-9;17-14-4-2-1-3-11(14)10-5-12-13(15-8-18-9-21-15)7-20-16(12)19-6-10;17-14-4-2-1-3-11(14)10-7-12-13(16-18-5-6-21-16)9-20-15(12)19-8-10;1-2-14(16-4-1)11-6-12-13(10-3-5-19-9-10)8-18-15(12)17-7-11;1-2-12(19-5-1)9-6-10-11(14-15-3-4-18-14)8-17-13(10)16-7-9/h1-8H,(H,20,21);2*1-9H,(H,19,20);1-9,16H,(H,17,18);1-8H,(H,16,17). The Morgan fingerprint density at radius 2 is 0.873 bits per heavy atom. The van der Waals surface area contributed by atoms with Crippen LogP contribution >= 0.6 is 45.3 Å². The number of oxazole rings is 1. The Labute approximate surface area is 591 Å². The first-order valence-corrected chi connectivity index (χ1v) is 34.8. The lowest BCUT2D eigenvalue weighted by Gasteiger charge is -2.04. The third-order valence-electron chi connectivity index (χ3n) is 16.5. The molecule has 6 N–H and O–H groups in total. The van der Waals surface area contributed by atoms with Crippen molar-refractivity contribution in [2.45, 2.75) is 0 Å². The third kappa shape index (κ3) is 13.2. The van der Waals surface area contributed by atoms with Crippen LogP contribution in [-0.2, 0) is 0 Å². The Morgan fingerprint density at radius 1 is 0.343 bits per heavy atom. The molecule has 0 saturated carbocycles. The molecule has 0 bridgehead atoms. The molecule has 0 saturated heterocycles. The van der Waals surface area contributed by atoms with Crippen LogP contribution in [0.15, 0.2) is 270 Å². The average molecular weight is 1420 g/mol. The van der Waals surface area contributed by atoms with Crippen LogP contribution in [0.5, 0.6) is 0 Å². The summed E-state index contributed by atoms with van der Waals surface area (Å²) in [5.74, 6) is -1.08. The van der Waals surface area contributed by atoms with Crippen LogP contribution in [0.2, 0.25) is 0 Å².